The van der Waals surface area contributed by atoms with E-state index in [-0.39, 0.29) is 11.3 Å². The first-order valence-corrected chi connectivity index (χ1v) is 8.53. The summed E-state index contributed by atoms with van der Waals surface area (Å²) in [6.45, 7) is 0. The second-order valence-electron chi connectivity index (χ2n) is 6.25. The monoisotopic (exact) mass is 383 g/mol. The molecule has 28 heavy (non-hydrogen) atoms. The number of aliphatic hydroxyl groups is 1. The summed E-state index contributed by atoms with van der Waals surface area (Å²) in [7, 11) is 6.08. The Balaban J connectivity index is 2.14. The van der Waals surface area contributed by atoms with Gasteiger partial charge >= 0.3 is 0 Å². The summed E-state index contributed by atoms with van der Waals surface area (Å²) in [6.07, 6.45) is 0. The minimum atomic E-state index is -0.748. The molecule has 0 aliphatic carbocycles. The lowest BCUT2D eigenvalue weighted by Gasteiger charge is -2.22. The lowest BCUT2D eigenvalue weighted by atomic mass is 9.95. The second-order valence-corrected chi connectivity index (χ2v) is 6.25. The van der Waals surface area contributed by atoms with Gasteiger partial charge in [0, 0.05) is 12.6 Å². The fraction of sp³-hybridized carbons (Fsp3) is 0.238. The predicted molar refractivity (Wildman–Crippen MR) is 103 cm³/mol. The maximum absolute atomic E-state index is 12.6. The van der Waals surface area contributed by atoms with Gasteiger partial charge in [-0.2, -0.15) is 0 Å². The van der Waals surface area contributed by atoms with Crippen LogP contribution in [-0.4, -0.2) is 50.1 Å². The lowest BCUT2D eigenvalue weighted by Crippen LogP contribution is -2.24. The number of rotatable bonds is 5. The van der Waals surface area contributed by atoms with Crippen molar-refractivity contribution in [2.75, 3.05) is 28.4 Å². The maximum Gasteiger partial charge on any atom is 0.295 e. The van der Waals surface area contributed by atoms with Gasteiger partial charge in [0.25, 0.3) is 11.7 Å². The summed E-state index contributed by atoms with van der Waals surface area (Å²) >= 11 is 0. The number of likely N-dealkylation sites (N-methyl/N-ethyl adjacent to an activating group) is 1. The van der Waals surface area contributed by atoms with E-state index >= 15 is 0 Å². The summed E-state index contributed by atoms with van der Waals surface area (Å²) in [4.78, 5) is 26.3. The van der Waals surface area contributed by atoms with Crippen molar-refractivity contribution in [2.24, 2.45) is 0 Å². The number of ether oxygens (including phenoxy) is 3. The van der Waals surface area contributed by atoms with Gasteiger partial charge in [0.05, 0.1) is 32.9 Å². The normalized spacial score (nSPS) is 18.3. The van der Waals surface area contributed by atoms with Crippen LogP contribution in [0, 0.1) is 0 Å². The molecule has 2 aromatic carbocycles. The Morgan fingerprint density at radius 3 is 2.14 bits per heavy atom. The number of nitrogens with zero attached hydrogens (tertiary/aromatic N) is 1. The van der Waals surface area contributed by atoms with Gasteiger partial charge < -0.3 is 24.2 Å². The largest absolute Gasteiger partial charge is 0.507 e. The number of hydrogen-bond acceptors (Lipinski definition) is 6. The van der Waals surface area contributed by atoms with E-state index in [1.54, 1.807) is 42.5 Å². The molecular formula is C21H21NO6. The van der Waals surface area contributed by atoms with Crippen molar-refractivity contribution < 1.29 is 28.9 Å². The van der Waals surface area contributed by atoms with Crippen LogP contribution in [0.1, 0.15) is 17.2 Å². The van der Waals surface area contributed by atoms with Gasteiger partial charge in [0.15, 0.2) is 11.5 Å². The second kappa shape index (κ2) is 7.64. The molecule has 1 fully saturated rings. The third-order valence-electron chi connectivity index (χ3n) is 4.76. The Bertz CT molecular complexity index is 948. The van der Waals surface area contributed by atoms with E-state index in [9.17, 15) is 14.7 Å². The van der Waals surface area contributed by atoms with Crippen LogP contribution in [0.15, 0.2) is 48.0 Å². The topological polar surface area (TPSA) is 85.3 Å². The van der Waals surface area contributed by atoms with Crippen molar-refractivity contribution in [1.82, 2.24) is 4.90 Å². The lowest BCUT2D eigenvalue weighted by molar-refractivity contribution is -0.139. The van der Waals surface area contributed by atoms with E-state index in [1.807, 2.05) is 0 Å². The first kappa shape index (κ1) is 19.3. The molecule has 1 amide bonds. The van der Waals surface area contributed by atoms with E-state index in [2.05, 4.69) is 0 Å². The first-order valence-electron chi connectivity index (χ1n) is 8.53. The molecule has 1 saturated heterocycles. The number of benzene rings is 2. The zero-order chi connectivity index (χ0) is 20.4. The Morgan fingerprint density at radius 2 is 1.57 bits per heavy atom. The molecule has 0 radical (unpaired) electrons. The fourth-order valence-corrected chi connectivity index (χ4v) is 3.27. The Labute approximate surface area is 162 Å². The molecule has 0 unspecified atom stereocenters. The molecule has 0 aromatic heterocycles. The number of methoxy groups -OCH3 is 3. The zero-order valence-corrected chi connectivity index (χ0v) is 16.1. The molecular weight excluding hydrogens is 362 g/mol. The van der Waals surface area contributed by atoms with Crippen LogP contribution in [0.2, 0.25) is 0 Å². The standard InChI is InChI=1S/C21H21NO6/c1-22-18(13-7-10-15(27-3)16(11-13)28-4)17(20(24)21(22)25)19(23)12-5-8-14(26-2)9-6-12/h5-11,18,23H,1-4H3/b19-17+/t18-/m1/s1. The van der Waals surface area contributed by atoms with Crippen molar-refractivity contribution in [1.29, 1.82) is 0 Å². The molecule has 3 rings (SSSR count). The molecule has 1 atom stereocenters. The van der Waals surface area contributed by atoms with Crippen LogP contribution in [0.3, 0.4) is 0 Å². The van der Waals surface area contributed by atoms with Crippen LogP contribution in [0.25, 0.3) is 5.76 Å². The predicted octanol–water partition coefficient (Wildman–Crippen LogP) is 2.76. The average Bonchev–Trinajstić information content (AvgIpc) is 2.96. The van der Waals surface area contributed by atoms with E-state index in [0.29, 0.717) is 28.4 Å². The molecule has 7 heteroatoms. The van der Waals surface area contributed by atoms with Crippen molar-refractivity contribution in [3.63, 3.8) is 0 Å². The van der Waals surface area contributed by atoms with Crippen LogP contribution in [0.5, 0.6) is 17.2 Å². The highest BCUT2D eigenvalue weighted by Crippen LogP contribution is 2.41. The van der Waals surface area contributed by atoms with Crippen molar-refractivity contribution in [3.8, 4) is 17.2 Å². The van der Waals surface area contributed by atoms with Gasteiger partial charge in [-0.25, -0.2) is 0 Å². The number of ketones is 1. The molecule has 146 valence electrons. The third-order valence-corrected chi connectivity index (χ3v) is 4.76. The maximum atomic E-state index is 12.6. The van der Waals surface area contributed by atoms with E-state index < -0.39 is 17.7 Å². The first-order chi connectivity index (χ1) is 13.4. The summed E-state index contributed by atoms with van der Waals surface area (Å²) in [5, 5.41) is 10.8. The number of amides is 1. The SMILES string of the molecule is COc1ccc(/C(O)=C2\C(=O)C(=O)N(C)[C@@H]2c2ccc(OC)c(OC)c2)cc1. The van der Waals surface area contributed by atoms with Gasteiger partial charge in [0.2, 0.25) is 0 Å². The fourth-order valence-electron chi connectivity index (χ4n) is 3.27. The van der Waals surface area contributed by atoms with Gasteiger partial charge in [-0.1, -0.05) is 6.07 Å². The summed E-state index contributed by atoms with van der Waals surface area (Å²) < 4.78 is 15.7. The number of hydrogen-bond donors (Lipinski definition) is 1. The molecule has 1 aliphatic rings. The third kappa shape index (κ3) is 3.15. The summed E-state index contributed by atoms with van der Waals surface area (Å²) in [5.74, 6) is -0.0718. The minimum absolute atomic E-state index is 0.0184. The van der Waals surface area contributed by atoms with Crippen LogP contribution in [0.4, 0.5) is 0 Å². The Kier molecular flexibility index (Phi) is 5.26. The van der Waals surface area contributed by atoms with Crippen LogP contribution < -0.4 is 14.2 Å². The van der Waals surface area contributed by atoms with Crippen molar-refractivity contribution in [2.45, 2.75) is 6.04 Å². The summed E-state index contributed by atoms with van der Waals surface area (Å²) in [5.41, 5.74) is 1.05. The number of Topliss-reactive ketones (excluding diaryl/α,β-unsaturated/α-hetero) is 1. The highest BCUT2D eigenvalue weighted by molar-refractivity contribution is 6.46. The number of carbonyl (C=O) groups excluding carboxylic acids is 2. The molecule has 0 bridgehead atoms. The molecule has 2 aromatic rings. The highest BCUT2D eigenvalue weighted by atomic mass is 16.5. The number of aliphatic hydroxyl groups excluding tert-OH is 1. The highest BCUT2D eigenvalue weighted by Gasteiger charge is 2.44. The van der Waals surface area contributed by atoms with E-state index in [1.165, 1.54) is 33.3 Å². The van der Waals surface area contributed by atoms with Crippen molar-refractivity contribution >= 4 is 17.4 Å². The van der Waals surface area contributed by atoms with Crippen molar-refractivity contribution in [3.05, 3.63) is 59.2 Å². The molecule has 0 spiro atoms. The van der Waals surface area contributed by atoms with Crippen LogP contribution in [-0.2, 0) is 9.59 Å². The molecule has 1 aliphatic heterocycles. The van der Waals surface area contributed by atoms with Gasteiger partial charge in [-0.3, -0.25) is 9.59 Å². The quantitative estimate of drug-likeness (QED) is 0.485. The minimum Gasteiger partial charge on any atom is -0.507 e. The van der Waals surface area contributed by atoms with Gasteiger partial charge in [0.1, 0.15) is 11.5 Å². The summed E-state index contributed by atoms with van der Waals surface area (Å²) in [6, 6.07) is 11.0. The van der Waals surface area contributed by atoms with Crippen LogP contribution >= 0.6 is 0 Å². The zero-order valence-electron chi connectivity index (χ0n) is 16.1. The van der Waals surface area contributed by atoms with Gasteiger partial charge in [-0.05, 0) is 42.0 Å². The Hall–Kier alpha value is -3.48. The van der Waals surface area contributed by atoms with E-state index in [4.69, 9.17) is 14.2 Å². The number of carbonyl (C=O) groups is 2. The molecule has 7 nitrogen and oxygen atoms in total. The molecule has 1 heterocycles. The van der Waals surface area contributed by atoms with E-state index in [0.717, 1.165) is 0 Å². The number of likely N-dealkylation sites (tertiary alicyclic amines) is 1. The molecule has 0 saturated carbocycles. The Morgan fingerprint density at radius 1 is 0.929 bits per heavy atom. The van der Waals surface area contributed by atoms with Gasteiger partial charge in [-0.15, -0.1) is 0 Å². The average molecular weight is 383 g/mol. The smallest absolute Gasteiger partial charge is 0.295 e. The molecule has 1 N–H and O–H groups in total.